The van der Waals surface area contributed by atoms with Gasteiger partial charge in [-0.1, -0.05) is 11.6 Å². The highest BCUT2D eigenvalue weighted by atomic mass is 35.5. The van der Waals surface area contributed by atoms with E-state index in [0.29, 0.717) is 0 Å². The molecule has 0 saturated carbocycles. The molecule has 0 aromatic heterocycles. The molecule has 27 heavy (non-hydrogen) atoms. The van der Waals surface area contributed by atoms with Crippen LogP contribution in [0.25, 0.3) is 0 Å². The zero-order valence-electron chi connectivity index (χ0n) is 14.8. The van der Waals surface area contributed by atoms with E-state index in [0.717, 1.165) is 23.5 Å². The molecule has 1 fully saturated rings. The quantitative estimate of drug-likeness (QED) is 0.514. The molecule has 1 amide bonds. The van der Waals surface area contributed by atoms with Crippen molar-refractivity contribution in [2.24, 2.45) is 5.92 Å². The van der Waals surface area contributed by atoms with Gasteiger partial charge in [0.15, 0.2) is 33.1 Å². The molecule has 11 heteroatoms. The normalized spacial score (nSPS) is 20.7. The van der Waals surface area contributed by atoms with E-state index in [1.807, 2.05) is 0 Å². The predicted molar refractivity (Wildman–Crippen MR) is 93.3 cm³/mol. The number of carbonyl (C=O) groups excluding carboxylic acids is 3. The Morgan fingerprint density at radius 1 is 1.33 bits per heavy atom. The van der Waals surface area contributed by atoms with Gasteiger partial charge in [-0.3, -0.25) is 19.2 Å². The Bertz CT molecular complexity index is 898. The highest BCUT2D eigenvalue weighted by molar-refractivity contribution is 7.90. The van der Waals surface area contributed by atoms with Gasteiger partial charge in [0.1, 0.15) is 4.90 Å². The van der Waals surface area contributed by atoms with E-state index >= 15 is 0 Å². The van der Waals surface area contributed by atoms with Gasteiger partial charge in [0.05, 0.1) is 31.9 Å². The Morgan fingerprint density at radius 3 is 2.44 bits per heavy atom. The molecule has 1 saturated heterocycles. The number of carbonyl (C=O) groups is 3. The highest BCUT2D eigenvalue weighted by Gasteiger charge is 2.46. The Morgan fingerprint density at radius 2 is 1.96 bits per heavy atom. The largest absolute Gasteiger partial charge is 0.494 e. The van der Waals surface area contributed by atoms with Gasteiger partial charge in [-0.05, 0) is 12.1 Å². The van der Waals surface area contributed by atoms with Crippen molar-refractivity contribution in [2.45, 2.75) is 17.4 Å². The number of aliphatic hydroxyl groups is 1. The van der Waals surface area contributed by atoms with Gasteiger partial charge in [-0.25, -0.2) is 13.5 Å². The summed E-state index contributed by atoms with van der Waals surface area (Å²) in [6, 6.07) is 1.35. The van der Waals surface area contributed by atoms with Crippen molar-refractivity contribution in [3.8, 4) is 5.75 Å². The number of methoxy groups -OCH3 is 1. The summed E-state index contributed by atoms with van der Waals surface area (Å²) < 4.78 is 28.7. The second-order valence-corrected chi connectivity index (χ2v) is 8.24. The van der Waals surface area contributed by atoms with Crippen LogP contribution in [0.4, 0.5) is 0 Å². The van der Waals surface area contributed by atoms with Gasteiger partial charge < -0.3 is 9.84 Å². The summed E-state index contributed by atoms with van der Waals surface area (Å²) in [5, 5.41) is 9.74. The molecular formula is C16H18ClNO8S. The molecule has 2 rings (SSSR count). The first-order chi connectivity index (χ1) is 12.6. The van der Waals surface area contributed by atoms with Crippen LogP contribution in [0.1, 0.15) is 16.8 Å². The maximum atomic E-state index is 12.9. The van der Waals surface area contributed by atoms with Crippen molar-refractivity contribution in [1.29, 1.82) is 0 Å². The number of benzene rings is 1. The predicted octanol–water partition coefficient (Wildman–Crippen LogP) is 0.275. The molecule has 0 aliphatic carbocycles. The van der Waals surface area contributed by atoms with Crippen molar-refractivity contribution in [3.63, 3.8) is 0 Å². The lowest BCUT2D eigenvalue weighted by atomic mass is 9.86. The third kappa shape index (κ3) is 3.84. The average Bonchev–Trinajstić information content (AvgIpc) is 2.59. The fraction of sp³-hybridized carbons (Fsp3) is 0.438. The van der Waals surface area contributed by atoms with Crippen LogP contribution in [0, 0.1) is 5.92 Å². The van der Waals surface area contributed by atoms with Gasteiger partial charge in [0.2, 0.25) is 0 Å². The fourth-order valence-electron chi connectivity index (χ4n) is 2.88. The number of aliphatic hydroxyl groups excluding tert-OH is 1. The van der Waals surface area contributed by atoms with Crippen molar-refractivity contribution < 1.29 is 37.5 Å². The Kier molecular flexibility index (Phi) is 6.25. The topological polar surface area (TPSA) is 127 Å². The molecule has 0 spiro atoms. The summed E-state index contributed by atoms with van der Waals surface area (Å²) in [4.78, 5) is 42.4. The number of hydrogen-bond acceptors (Lipinski definition) is 8. The Hall–Kier alpha value is -2.01. The minimum Gasteiger partial charge on any atom is -0.494 e. The molecule has 1 aromatic rings. The van der Waals surface area contributed by atoms with Crippen LogP contribution in [0.15, 0.2) is 17.0 Å². The number of hydroxylamine groups is 2. The number of hydrogen-bond donors (Lipinski definition) is 1. The molecule has 2 atom stereocenters. The summed E-state index contributed by atoms with van der Waals surface area (Å²) >= 11 is 6.14. The van der Waals surface area contributed by atoms with Crippen LogP contribution in [-0.2, 0) is 24.3 Å². The molecular weight excluding hydrogens is 402 g/mol. The second-order valence-electron chi connectivity index (χ2n) is 5.88. The van der Waals surface area contributed by atoms with E-state index in [9.17, 15) is 27.9 Å². The number of rotatable bonds is 6. The van der Waals surface area contributed by atoms with E-state index in [-0.39, 0.29) is 27.7 Å². The van der Waals surface area contributed by atoms with Gasteiger partial charge in [-0.15, -0.1) is 0 Å². The van der Waals surface area contributed by atoms with Crippen molar-refractivity contribution in [3.05, 3.63) is 22.7 Å². The lowest BCUT2D eigenvalue weighted by Crippen LogP contribution is -2.54. The summed E-state index contributed by atoms with van der Waals surface area (Å²) in [6.07, 6.45) is 0.672. The lowest BCUT2D eigenvalue weighted by molar-refractivity contribution is -0.202. The number of sulfone groups is 1. The number of halogens is 1. The molecule has 1 N–H and O–H groups in total. The van der Waals surface area contributed by atoms with Crippen LogP contribution < -0.4 is 4.74 Å². The standard InChI is InChI=1S/C16H18ClNO8S/c1-25-15-11(27(3,23)24)5-4-9(13(15)17)14(21)12-10(20)6-8(7-19)18(26-2)16(12)22/h4-5,8,12,19H,6-7H2,1-3H3. The van der Waals surface area contributed by atoms with Crippen LogP contribution in [0.5, 0.6) is 5.75 Å². The summed E-state index contributed by atoms with van der Waals surface area (Å²) in [7, 11) is -1.34. The smallest absolute Gasteiger partial charge is 0.264 e. The monoisotopic (exact) mass is 419 g/mol. The van der Waals surface area contributed by atoms with E-state index in [1.165, 1.54) is 14.2 Å². The Labute approximate surface area is 160 Å². The summed E-state index contributed by atoms with van der Waals surface area (Å²) in [5.41, 5.74) is -0.230. The zero-order chi connectivity index (χ0) is 20.5. The van der Waals surface area contributed by atoms with E-state index in [1.54, 1.807) is 0 Å². The second kappa shape index (κ2) is 7.93. The number of ether oxygens (including phenoxy) is 1. The first-order valence-electron chi connectivity index (χ1n) is 7.70. The van der Waals surface area contributed by atoms with Gasteiger partial charge in [-0.2, -0.15) is 0 Å². The van der Waals surface area contributed by atoms with Crippen LogP contribution in [-0.4, -0.2) is 69.2 Å². The van der Waals surface area contributed by atoms with Gasteiger partial charge >= 0.3 is 0 Å². The number of ketones is 2. The molecule has 1 aliphatic heterocycles. The zero-order valence-corrected chi connectivity index (χ0v) is 16.3. The van der Waals surface area contributed by atoms with Crippen LogP contribution in [0.3, 0.4) is 0 Å². The maximum Gasteiger partial charge on any atom is 0.264 e. The van der Waals surface area contributed by atoms with Crippen molar-refractivity contribution >= 4 is 38.9 Å². The van der Waals surface area contributed by atoms with Crippen LogP contribution >= 0.6 is 11.6 Å². The van der Waals surface area contributed by atoms with Crippen LogP contribution in [0.2, 0.25) is 5.02 Å². The minimum absolute atomic E-state index is 0.230. The number of amides is 1. The molecule has 0 bridgehead atoms. The third-order valence-electron chi connectivity index (χ3n) is 4.15. The summed E-state index contributed by atoms with van der Waals surface area (Å²) in [6.45, 7) is -0.510. The number of Topliss-reactive ketones (excluding diaryl/α,β-unsaturated/α-hetero) is 2. The molecule has 148 valence electrons. The number of nitrogens with zero attached hydrogens (tertiary/aromatic N) is 1. The minimum atomic E-state index is -3.69. The van der Waals surface area contributed by atoms with E-state index < -0.39 is 45.9 Å². The molecule has 1 heterocycles. The van der Waals surface area contributed by atoms with Crippen molar-refractivity contribution in [1.82, 2.24) is 5.06 Å². The number of piperidine rings is 1. The molecule has 0 radical (unpaired) electrons. The van der Waals surface area contributed by atoms with Gasteiger partial charge in [0.25, 0.3) is 5.91 Å². The SMILES string of the molecule is COc1c(S(C)(=O)=O)ccc(C(=O)C2C(=O)CC(CO)N(OC)C2=O)c1Cl. The van der Waals surface area contributed by atoms with E-state index in [2.05, 4.69) is 0 Å². The highest BCUT2D eigenvalue weighted by Crippen LogP contribution is 2.37. The van der Waals surface area contributed by atoms with Gasteiger partial charge in [0, 0.05) is 18.2 Å². The lowest BCUT2D eigenvalue weighted by Gasteiger charge is -2.34. The first kappa shape index (κ1) is 21.3. The third-order valence-corrected chi connectivity index (χ3v) is 5.65. The molecule has 1 aliphatic rings. The summed E-state index contributed by atoms with van der Waals surface area (Å²) in [5.74, 6) is -4.50. The maximum absolute atomic E-state index is 12.9. The first-order valence-corrected chi connectivity index (χ1v) is 9.96. The van der Waals surface area contributed by atoms with Crippen molar-refractivity contribution in [2.75, 3.05) is 27.1 Å². The average molecular weight is 420 g/mol. The molecule has 2 unspecified atom stereocenters. The fourth-order valence-corrected chi connectivity index (χ4v) is 4.11. The molecule has 1 aromatic carbocycles. The van der Waals surface area contributed by atoms with E-state index in [4.69, 9.17) is 21.2 Å². The molecule has 9 nitrogen and oxygen atoms in total. The Balaban J connectivity index is 2.52.